The van der Waals surface area contributed by atoms with Gasteiger partial charge in [-0.1, -0.05) is 36.4 Å². The second kappa shape index (κ2) is 9.99. The fourth-order valence-electron chi connectivity index (χ4n) is 3.66. The number of aryl methyl sites for hydroxylation is 2. The van der Waals surface area contributed by atoms with Crippen LogP contribution in [0.4, 0.5) is 5.69 Å². The van der Waals surface area contributed by atoms with Gasteiger partial charge in [-0.25, -0.2) is 4.98 Å². The van der Waals surface area contributed by atoms with Gasteiger partial charge in [-0.3, -0.25) is 9.59 Å². The molecule has 33 heavy (non-hydrogen) atoms. The first kappa shape index (κ1) is 22.1. The molecule has 7 nitrogen and oxygen atoms in total. The number of benzene rings is 3. The van der Waals surface area contributed by atoms with E-state index in [1.54, 1.807) is 31.4 Å². The van der Waals surface area contributed by atoms with E-state index in [0.29, 0.717) is 24.1 Å². The van der Waals surface area contributed by atoms with E-state index >= 15 is 0 Å². The van der Waals surface area contributed by atoms with Crippen LogP contribution in [0, 0.1) is 0 Å². The van der Waals surface area contributed by atoms with Crippen LogP contribution in [0.5, 0.6) is 5.75 Å². The number of anilines is 1. The number of nitrogens with one attached hydrogen (secondary N) is 2. The standard InChI is InChI=1S/C26H26N4O3/c1-30-23-10-6-5-9-22(23)28-24(30)17-27-26(32)20-7-3-4-8-21(20)29-25(31)16-13-18-11-14-19(33-2)15-12-18/h3-12,14-15H,13,16-17H2,1-2H3,(H,27,32)(H,29,31). The molecule has 2 N–H and O–H groups in total. The molecule has 0 atom stereocenters. The predicted octanol–water partition coefficient (Wildman–Crippen LogP) is 4.08. The highest BCUT2D eigenvalue weighted by atomic mass is 16.5. The highest BCUT2D eigenvalue weighted by Crippen LogP contribution is 2.18. The lowest BCUT2D eigenvalue weighted by atomic mass is 10.1. The number of hydrogen-bond donors (Lipinski definition) is 2. The zero-order chi connectivity index (χ0) is 23.2. The van der Waals surface area contributed by atoms with Gasteiger partial charge in [0.25, 0.3) is 5.91 Å². The minimum Gasteiger partial charge on any atom is -0.497 e. The number of imidazole rings is 1. The summed E-state index contributed by atoms with van der Waals surface area (Å²) in [4.78, 5) is 30.0. The number of methoxy groups -OCH3 is 1. The molecule has 0 aliphatic carbocycles. The topological polar surface area (TPSA) is 85.2 Å². The number of nitrogens with zero attached hydrogens (tertiary/aromatic N) is 2. The summed E-state index contributed by atoms with van der Waals surface area (Å²) in [6, 6.07) is 22.4. The summed E-state index contributed by atoms with van der Waals surface area (Å²) < 4.78 is 7.12. The zero-order valence-electron chi connectivity index (χ0n) is 18.7. The summed E-state index contributed by atoms with van der Waals surface area (Å²) in [5.74, 6) is 1.11. The van der Waals surface area contributed by atoms with Crippen LogP contribution in [0.25, 0.3) is 11.0 Å². The summed E-state index contributed by atoms with van der Waals surface area (Å²) in [6.07, 6.45) is 0.902. The Morgan fingerprint density at radius 1 is 0.970 bits per heavy atom. The summed E-state index contributed by atoms with van der Waals surface area (Å²) >= 11 is 0. The smallest absolute Gasteiger partial charge is 0.253 e. The number of ether oxygens (including phenoxy) is 1. The van der Waals surface area contributed by atoms with Crippen molar-refractivity contribution in [2.75, 3.05) is 12.4 Å². The third-order valence-corrected chi connectivity index (χ3v) is 5.53. The fourth-order valence-corrected chi connectivity index (χ4v) is 3.66. The van der Waals surface area contributed by atoms with Gasteiger partial charge in [0.2, 0.25) is 5.91 Å². The molecule has 0 unspecified atom stereocenters. The van der Waals surface area contributed by atoms with E-state index in [1.807, 2.05) is 60.1 Å². The summed E-state index contributed by atoms with van der Waals surface area (Å²) in [7, 11) is 3.54. The van der Waals surface area contributed by atoms with E-state index in [1.165, 1.54) is 0 Å². The average molecular weight is 443 g/mol. The lowest BCUT2D eigenvalue weighted by Gasteiger charge is -2.12. The minimum atomic E-state index is -0.270. The molecule has 0 fully saturated rings. The molecular weight excluding hydrogens is 416 g/mol. The van der Waals surface area contributed by atoms with Crippen molar-refractivity contribution >= 4 is 28.5 Å². The molecular formula is C26H26N4O3. The Hall–Kier alpha value is -4.13. The number of carbonyl (C=O) groups excluding carboxylic acids is 2. The van der Waals surface area contributed by atoms with Gasteiger partial charge in [0.15, 0.2) is 0 Å². The van der Waals surface area contributed by atoms with E-state index < -0.39 is 0 Å². The lowest BCUT2D eigenvalue weighted by molar-refractivity contribution is -0.116. The van der Waals surface area contributed by atoms with Crippen molar-refractivity contribution in [3.05, 3.63) is 89.7 Å². The summed E-state index contributed by atoms with van der Waals surface area (Å²) in [6.45, 7) is 0.282. The maximum absolute atomic E-state index is 12.9. The number of amides is 2. The van der Waals surface area contributed by atoms with Gasteiger partial charge in [0.05, 0.1) is 35.9 Å². The summed E-state index contributed by atoms with van der Waals surface area (Å²) in [5, 5.41) is 5.78. The molecule has 1 heterocycles. The van der Waals surface area contributed by atoms with Crippen molar-refractivity contribution in [2.45, 2.75) is 19.4 Å². The van der Waals surface area contributed by atoms with Crippen LogP contribution < -0.4 is 15.4 Å². The Morgan fingerprint density at radius 2 is 1.70 bits per heavy atom. The molecule has 1 aromatic heterocycles. The van der Waals surface area contributed by atoms with Crippen molar-refractivity contribution in [1.82, 2.24) is 14.9 Å². The number of para-hydroxylation sites is 3. The molecule has 168 valence electrons. The second-order valence-corrected chi connectivity index (χ2v) is 7.70. The lowest BCUT2D eigenvalue weighted by Crippen LogP contribution is -2.26. The molecule has 2 amide bonds. The minimum absolute atomic E-state index is 0.151. The first-order valence-electron chi connectivity index (χ1n) is 10.8. The number of rotatable bonds is 8. The monoisotopic (exact) mass is 442 g/mol. The second-order valence-electron chi connectivity index (χ2n) is 7.70. The molecule has 4 aromatic rings. The van der Waals surface area contributed by atoms with E-state index in [0.717, 1.165) is 28.2 Å². The first-order valence-corrected chi connectivity index (χ1v) is 10.8. The van der Waals surface area contributed by atoms with E-state index in [9.17, 15) is 9.59 Å². The van der Waals surface area contributed by atoms with Crippen LogP contribution in [0.3, 0.4) is 0 Å². The van der Waals surface area contributed by atoms with Crippen LogP contribution in [-0.4, -0.2) is 28.5 Å². The van der Waals surface area contributed by atoms with Crippen molar-refractivity contribution < 1.29 is 14.3 Å². The van der Waals surface area contributed by atoms with Gasteiger partial charge in [-0.05, 0) is 48.4 Å². The van der Waals surface area contributed by atoms with Crippen molar-refractivity contribution in [3.63, 3.8) is 0 Å². The number of carbonyl (C=O) groups is 2. The van der Waals surface area contributed by atoms with Gasteiger partial charge >= 0.3 is 0 Å². The molecule has 0 aliphatic heterocycles. The normalized spacial score (nSPS) is 10.7. The van der Waals surface area contributed by atoms with Gasteiger partial charge in [-0.15, -0.1) is 0 Å². The molecule has 0 saturated heterocycles. The van der Waals surface area contributed by atoms with Crippen molar-refractivity contribution in [3.8, 4) is 5.75 Å². The van der Waals surface area contributed by atoms with Gasteiger partial charge < -0.3 is 19.9 Å². The van der Waals surface area contributed by atoms with Crippen molar-refractivity contribution in [2.24, 2.45) is 7.05 Å². The van der Waals surface area contributed by atoms with Gasteiger partial charge in [0.1, 0.15) is 11.6 Å². The van der Waals surface area contributed by atoms with E-state index in [-0.39, 0.29) is 18.4 Å². The van der Waals surface area contributed by atoms with Crippen molar-refractivity contribution in [1.29, 1.82) is 0 Å². The maximum Gasteiger partial charge on any atom is 0.253 e. The molecule has 3 aromatic carbocycles. The SMILES string of the molecule is COc1ccc(CCC(=O)Nc2ccccc2C(=O)NCc2nc3ccccc3n2C)cc1. The Labute approximate surface area is 192 Å². The molecule has 4 rings (SSSR count). The number of hydrogen-bond acceptors (Lipinski definition) is 4. The van der Waals surface area contributed by atoms with Crippen LogP contribution in [-0.2, 0) is 24.8 Å². The maximum atomic E-state index is 12.9. The average Bonchev–Trinajstić information content (AvgIpc) is 3.17. The molecule has 0 spiro atoms. The zero-order valence-corrected chi connectivity index (χ0v) is 18.7. The Balaban J connectivity index is 1.38. The Morgan fingerprint density at radius 3 is 2.45 bits per heavy atom. The van der Waals surface area contributed by atoms with Crippen LogP contribution in [0.15, 0.2) is 72.8 Å². The van der Waals surface area contributed by atoms with Crippen LogP contribution in [0.2, 0.25) is 0 Å². The Bertz CT molecular complexity index is 1280. The van der Waals surface area contributed by atoms with Gasteiger partial charge in [0, 0.05) is 13.5 Å². The van der Waals surface area contributed by atoms with Gasteiger partial charge in [-0.2, -0.15) is 0 Å². The highest BCUT2D eigenvalue weighted by Gasteiger charge is 2.15. The predicted molar refractivity (Wildman–Crippen MR) is 128 cm³/mol. The van der Waals surface area contributed by atoms with E-state index in [4.69, 9.17) is 4.74 Å². The largest absolute Gasteiger partial charge is 0.497 e. The Kier molecular flexibility index (Phi) is 6.69. The first-order chi connectivity index (χ1) is 16.0. The molecule has 7 heteroatoms. The number of fused-ring (bicyclic) bond motifs is 1. The fraction of sp³-hybridized carbons (Fsp3) is 0.192. The molecule has 0 aliphatic rings. The van der Waals surface area contributed by atoms with Crippen LogP contribution in [0.1, 0.15) is 28.2 Å². The molecule has 0 saturated carbocycles. The quantitative estimate of drug-likeness (QED) is 0.431. The molecule has 0 bridgehead atoms. The third kappa shape index (κ3) is 5.20. The third-order valence-electron chi connectivity index (χ3n) is 5.53. The van der Waals surface area contributed by atoms with E-state index in [2.05, 4.69) is 15.6 Å². The summed E-state index contributed by atoms with van der Waals surface area (Å²) in [5.41, 5.74) is 3.83. The highest BCUT2D eigenvalue weighted by molar-refractivity contribution is 6.03. The van der Waals surface area contributed by atoms with Crippen LogP contribution >= 0.6 is 0 Å². The molecule has 0 radical (unpaired) electrons. The number of aromatic nitrogens is 2.